The predicted octanol–water partition coefficient (Wildman–Crippen LogP) is 2.28. The Kier molecular flexibility index (Phi) is 5.11. The molecule has 2 aromatic carbocycles. The van der Waals surface area contributed by atoms with Gasteiger partial charge in [0.1, 0.15) is 5.69 Å². The maximum Gasteiger partial charge on any atom is 0.211 e. The molecule has 0 aliphatic carbocycles. The lowest BCUT2D eigenvalue weighted by atomic mass is 10.1. The van der Waals surface area contributed by atoms with Gasteiger partial charge in [0.15, 0.2) is 6.54 Å². The van der Waals surface area contributed by atoms with E-state index in [9.17, 15) is 0 Å². The molecule has 0 radical (unpaired) electrons. The molecule has 0 bridgehead atoms. The van der Waals surface area contributed by atoms with Crippen molar-refractivity contribution in [2.75, 3.05) is 0 Å². The number of halogens is 1. The van der Waals surface area contributed by atoms with Crippen molar-refractivity contribution >= 4 is 23.8 Å². The van der Waals surface area contributed by atoms with E-state index >= 15 is 0 Å². The molecule has 25 heavy (non-hydrogen) atoms. The summed E-state index contributed by atoms with van der Waals surface area (Å²) in [6, 6.07) is 17.7. The number of H-pyrrole nitrogens is 1. The molecule has 0 amide bonds. The Hall–Kier alpha value is -3.12. The summed E-state index contributed by atoms with van der Waals surface area (Å²) in [7, 11) is 0. The molecule has 0 unspecified atom stereocenters. The average molecular weight is 354 g/mol. The maximum atomic E-state index is 6.26. The molecule has 1 aromatic heterocycles. The summed E-state index contributed by atoms with van der Waals surface area (Å²) in [5.74, 6) is -0.0861. The standard InChI is InChI=1S/C18H17ClN6/c19-16-9-5-4-8-14(16)11-25-12-15(10-22-23-18(20)21)17(24-25)13-6-2-1-3-7-13/h1-10,12H,11H2,(H4,20,21,23)/p+1/b22-10+. The van der Waals surface area contributed by atoms with Crippen molar-refractivity contribution < 1.29 is 4.68 Å². The van der Waals surface area contributed by atoms with Crippen molar-refractivity contribution in [2.45, 2.75) is 6.54 Å². The number of nitrogens with one attached hydrogen (secondary N) is 1. The van der Waals surface area contributed by atoms with Gasteiger partial charge in [-0.15, -0.1) is 9.78 Å². The zero-order chi connectivity index (χ0) is 17.6. The molecule has 0 aliphatic rings. The number of nitrogens with zero attached hydrogens (tertiary/aromatic N) is 3. The molecular formula is C18H18ClN6+. The first-order valence-corrected chi connectivity index (χ1v) is 8.04. The highest BCUT2D eigenvalue weighted by atomic mass is 35.5. The maximum absolute atomic E-state index is 6.26. The van der Waals surface area contributed by atoms with Gasteiger partial charge in [0, 0.05) is 11.1 Å². The van der Waals surface area contributed by atoms with E-state index in [1.54, 1.807) is 6.21 Å². The molecular weight excluding hydrogens is 336 g/mol. The molecule has 0 saturated heterocycles. The summed E-state index contributed by atoms with van der Waals surface area (Å²) >= 11 is 6.26. The number of aromatic amines is 1. The van der Waals surface area contributed by atoms with Crippen LogP contribution in [0.4, 0.5) is 0 Å². The second kappa shape index (κ2) is 7.63. The van der Waals surface area contributed by atoms with Crippen LogP contribution < -0.4 is 16.1 Å². The Labute approximate surface area is 150 Å². The molecule has 0 saturated carbocycles. The van der Waals surface area contributed by atoms with Crippen LogP contribution in [0.5, 0.6) is 0 Å². The van der Waals surface area contributed by atoms with Gasteiger partial charge in [-0.2, -0.15) is 10.2 Å². The van der Waals surface area contributed by atoms with Crippen LogP contribution in [0.2, 0.25) is 5.02 Å². The lowest BCUT2D eigenvalue weighted by molar-refractivity contribution is -0.741. The monoisotopic (exact) mass is 353 g/mol. The summed E-state index contributed by atoms with van der Waals surface area (Å²) in [6.45, 7) is 0.607. The average Bonchev–Trinajstić information content (AvgIpc) is 3.00. The van der Waals surface area contributed by atoms with Crippen LogP contribution in [0.25, 0.3) is 11.3 Å². The van der Waals surface area contributed by atoms with Gasteiger partial charge in [-0.3, -0.25) is 0 Å². The van der Waals surface area contributed by atoms with E-state index in [1.807, 2.05) is 65.5 Å². The lowest BCUT2D eigenvalue weighted by Crippen LogP contribution is -2.35. The van der Waals surface area contributed by atoms with Gasteiger partial charge in [0.05, 0.1) is 16.8 Å². The highest BCUT2D eigenvalue weighted by Crippen LogP contribution is 2.20. The minimum absolute atomic E-state index is 0.0861. The number of guanidine groups is 1. The van der Waals surface area contributed by atoms with Gasteiger partial charge in [0.2, 0.25) is 12.2 Å². The van der Waals surface area contributed by atoms with Crippen molar-refractivity contribution in [1.82, 2.24) is 5.10 Å². The molecule has 7 heteroatoms. The van der Waals surface area contributed by atoms with Gasteiger partial charge < -0.3 is 11.5 Å². The SMILES string of the molecule is NC(N)=N/N=C/c1c[n+](Cc2ccccc2Cl)[nH]c1-c1ccccc1. The fraction of sp³-hybridized carbons (Fsp3) is 0.0556. The number of benzene rings is 2. The molecule has 3 rings (SSSR count). The molecule has 0 atom stereocenters. The quantitative estimate of drug-likeness (QED) is 0.284. The first-order valence-electron chi connectivity index (χ1n) is 7.67. The van der Waals surface area contributed by atoms with Crippen molar-refractivity contribution in [2.24, 2.45) is 21.7 Å². The topological polar surface area (TPSA) is 96.4 Å². The van der Waals surface area contributed by atoms with Gasteiger partial charge in [-0.25, -0.2) is 0 Å². The van der Waals surface area contributed by atoms with Gasteiger partial charge in [-0.05, 0) is 6.07 Å². The first kappa shape index (κ1) is 16.7. The van der Waals surface area contributed by atoms with Crippen molar-refractivity contribution in [3.63, 3.8) is 0 Å². The predicted molar refractivity (Wildman–Crippen MR) is 100 cm³/mol. The fourth-order valence-corrected chi connectivity index (χ4v) is 2.66. The lowest BCUT2D eigenvalue weighted by Gasteiger charge is -1.98. The Morgan fingerprint density at radius 3 is 2.52 bits per heavy atom. The zero-order valence-electron chi connectivity index (χ0n) is 13.4. The van der Waals surface area contributed by atoms with Crippen molar-refractivity contribution in [3.8, 4) is 11.3 Å². The second-order valence-electron chi connectivity index (χ2n) is 5.43. The normalized spacial score (nSPS) is 10.9. The Morgan fingerprint density at radius 1 is 1.08 bits per heavy atom. The minimum Gasteiger partial charge on any atom is -0.369 e. The van der Waals surface area contributed by atoms with Crippen LogP contribution in [0.15, 0.2) is 71.0 Å². The smallest absolute Gasteiger partial charge is 0.211 e. The molecule has 0 aliphatic heterocycles. The third-order valence-corrected chi connectivity index (χ3v) is 3.94. The summed E-state index contributed by atoms with van der Waals surface area (Å²) in [4.78, 5) is 0. The largest absolute Gasteiger partial charge is 0.369 e. The summed E-state index contributed by atoms with van der Waals surface area (Å²) in [6.07, 6.45) is 3.55. The number of nitrogens with two attached hydrogens (primary N) is 2. The minimum atomic E-state index is -0.0861. The van der Waals surface area contributed by atoms with E-state index in [1.165, 1.54) is 0 Å². The number of hydrogen-bond donors (Lipinski definition) is 3. The van der Waals surface area contributed by atoms with Crippen LogP contribution in [0.1, 0.15) is 11.1 Å². The van der Waals surface area contributed by atoms with E-state index in [2.05, 4.69) is 15.3 Å². The second-order valence-corrected chi connectivity index (χ2v) is 5.83. The fourth-order valence-electron chi connectivity index (χ4n) is 2.46. The number of hydrogen-bond acceptors (Lipinski definition) is 2. The van der Waals surface area contributed by atoms with Crippen LogP contribution in [0, 0.1) is 0 Å². The summed E-state index contributed by atoms with van der Waals surface area (Å²) in [5, 5.41) is 11.7. The first-order chi connectivity index (χ1) is 12.1. The van der Waals surface area contributed by atoms with E-state index < -0.39 is 0 Å². The van der Waals surface area contributed by atoms with E-state index in [0.717, 1.165) is 27.4 Å². The highest BCUT2D eigenvalue weighted by Gasteiger charge is 2.16. The van der Waals surface area contributed by atoms with Crippen molar-refractivity contribution in [3.05, 3.63) is 76.9 Å². The molecule has 0 spiro atoms. The number of rotatable bonds is 5. The molecule has 126 valence electrons. The van der Waals surface area contributed by atoms with Crippen LogP contribution in [-0.2, 0) is 6.54 Å². The molecule has 3 aromatic rings. The van der Waals surface area contributed by atoms with Gasteiger partial charge >= 0.3 is 0 Å². The Morgan fingerprint density at radius 2 is 1.80 bits per heavy atom. The Bertz CT molecular complexity index is 910. The van der Waals surface area contributed by atoms with E-state index in [0.29, 0.717) is 6.54 Å². The van der Waals surface area contributed by atoms with E-state index in [-0.39, 0.29) is 5.96 Å². The zero-order valence-corrected chi connectivity index (χ0v) is 14.2. The van der Waals surface area contributed by atoms with Crippen LogP contribution >= 0.6 is 11.6 Å². The van der Waals surface area contributed by atoms with Crippen LogP contribution in [-0.4, -0.2) is 17.3 Å². The van der Waals surface area contributed by atoms with Crippen molar-refractivity contribution in [1.29, 1.82) is 0 Å². The molecule has 0 fully saturated rings. The Balaban J connectivity index is 1.98. The van der Waals surface area contributed by atoms with E-state index in [4.69, 9.17) is 23.1 Å². The number of aromatic nitrogens is 2. The van der Waals surface area contributed by atoms with Gasteiger partial charge in [0.25, 0.3) is 0 Å². The van der Waals surface area contributed by atoms with Crippen LogP contribution in [0.3, 0.4) is 0 Å². The molecule has 6 nitrogen and oxygen atoms in total. The summed E-state index contributed by atoms with van der Waals surface area (Å²) < 4.78 is 1.94. The molecule has 1 heterocycles. The molecule has 5 N–H and O–H groups in total. The highest BCUT2D eigenvalue weighted by molar-refractivity contribution is 6.31. The third-order valence-electron chi connectivity index (χ3n) is 3.57. The third kappa shape index (κ3) is 4.24. The van der Waals surface area contributed by atoms with Gasteiger partial charge in [-0.1, -0.05) is 60.1 Å². The summed E-state index contributed by atoms with van der Waals surface area (Å²) in [5.41, 5.74) is 14.5.